The number of rotatable bonds is 5. The molecule has 1 fully saturated rings. The van der Waals surface area contributed by atoms with Gasteiger partial charge in [-0.25, -0.2) is 9.78 Å². The number of fused-ring (bicyclic) bond motifs is 1. The largest absolute Gasteiger partial charge is 0.348 e. The second kappa shape index (κ2) is 6.29. The number of benzene rings is 2. The summed E-state index contributed by atoms with van der Waals surface area (Å²) in [7, 11) is 0. The van der Waals surface area contributed by atoms with Gasteiger partial charge in [0.2, 0.25) is 0 Å². The van der Waals surface area contributed by atoms with E-state index in [1.807, 2.05) is 42.5 Å². The summed E-state index contributed by atoms with van der Waals surface area (Å²) < 4.78 is 0. The summed E-state index contributed by atoms with van der Waals surface area (Å²) in [4.78, 5) is 33.9. The average molecular weight is 348 g/mol. The topological polar surface area (TPSA) is 78.1 Å². The Balaban J connectivity index is 1.59. The van der Waals surface area contributed by atoms with Crippen LogP contribution in [-0.4, -0.2) is 33.4 Å². The van der Waals surface area contributed by atoms with E-state index in [-0.39, 0.29) is 11.9 Å². The third-order valence-electron chi connectivity index (χ3n) is 4.99. The van der Waals surface area contributed by atoms with Gasteiger partial charge >= 0.3 is 6.03 Å². The fraction of sp³-hybridized carbons (Fsp3) is 0.250. The lowest BCUT2D eigenvalue weighted by atomic mass is 9.88. The van der Waals surface area contributed by atoms with Gasteiger partial charge in [0.15, 0.2) is 0 Å². The first-order chi connectivity index (χ1) is 12.6. The molecule has 1 aliphatic rings. The maximum Gasteiger partial charge on any atom is 0.325 e. The van der Waals surface area contributed by atoms with Gasteiger partial charge in [-0.05, 0) is 36.1 Å². The van der Waals surface area contributed by atoms with E-state index in [0.29, 0.717) is 13.0 Å². The quantitative estimate of drug-likeness (QED) is 0.696. The van der Waals surface area contributed by atoms with Crippen molar-refractivity contribution in [3.8, 4) is 0 Å². The van der Waals surface area contributed by atoms with Crippen LogP contribution in [0.4, 0.5) is 4.79 Å². The van der Waals surface area contributed by atoms with Crippen LogP contribution in [-0.2, 0) is 16.8 Å². The van der Waals surface area contributed by atoms with Crippen molar-refractivity contribution in [3.05, 3.63) is 66.2 Å². The number of amides is 3. The first kappa shape index (κ1) is 16.3. The van der Waals surface area contributed by atoms with Crippen LogP contribution >= 0.6 is 0 Å². The van der Waals surface area contributed by atoms with E-state index in [2.05, 4.69) is 15.3 Å². The van der Waals surface area contributed by atoms with E-state index in [0.717, 1.165) is 28.5 Å². The lowest BCUT2D eigenvalue weighted by Gasteiger charge is -2.24. The zero-order valence-corrected chi connectivity index (χ0v) is 14.5. The number of carbonyl (C=O) groups excluding carboxylic acids is 2. The summed E-state index contributed by atoms with van der Waals surface area (Å²) in [5.41, 5.74) is 0.769. The molecule has 1 aromatic heterocycles. The first-order valence-corrected chi connectivity index (χ1v) is 8.69. The molecule has 0 aliphatic carbocycles. The van der Waals surface area contributed by atoms with E-state index in [1.165, 1.54) is 4.90 Å². The molecule has 0 spiro atoms. The predicted molar refractivity (Wildman–Crippen MR) is 98.5 cm³/mol. The summed E-state index contributed by atoms with van der Waals surface area (Å²) in [6.07, 6.45) is 4.81. The molecule has 4 rings (SSSR count). The number of nitrogens with zero attached hydrogens (tertiary/aromatic N) is 2. The van der Waals surface area contributed by atoms with Crippen LogP contribution in [0, 0.1) is 0 Å². The number of imidazole rings is 1. The number of aromatic nitrogens is 2. The minimum absolute atomic E-state index is 0.205. The maximum absolute atomic E-state index is 13.1. The van der Waals surface area contributed by atoms with Gasteiger partial charge in [0.1, 0.15) is 5.54 Å². The van der Waals surface area contributed by atoms with Gasteiger partial charge in [-0.3, -0.25) is 9.69 Å². The standard InChI is InChI=1S/C20H20N4O2/c1-20(17-10-4-7-14-6-2-3-9-16(14)17)18(25)24(19(26)23-20)11-5-8-15-12-21-13-22-15/h2-4,6-7,9-10,12-13H,5,8,11H2,1H3,(H,21,22)(H,23,26). The summed E-state index contributed by atoms with van der Waals surface area (Å²) >= 11 is 0. The maximum atomic E-state index is 13.1. The summed E-state index contributed by atoms with van der Waals surface area (Å²) in [5, 5.41) is 4.92. The highest BCUT2D eigenvalue weighted by molar-refractivity contribution is 6.09. The normalized spacial score (nSPS) is 20.0. The van der Waals surface area contributed by atoms with Gasteiger partial charge in [-0.1, -0.05) is 42.5 Å². The highest BCUT2D eigenvalue weighted by atomic mass is 16.2. The lowest BCUT2D eigenvalue weighted by molar-refractivity contribution is -0.131. The summed E-state index contributed by atoms with van der Waals surface area (Å²) in [6.45, 7) is 2.16. The number of aryl methyl sites for hydroxylation is 1. The van der Waals surface area contributed by atoms with Crippen molar-refractivity contribution in [2.75, 3.05) is 6.54 Å². The molecule has 3 amide bonds. The smallest absolute Gasteiger partial charge is 0.325 e. The third kappa shape index (κ3) is 2.63. The number of hydrogen-bond acceptors (Lipinski definition) is 3. The van der Waals surface area contributed by atoms with Crippen LogP contribution in [0.2, 0.25) is 0 Å². The Labute approximate surface area is 151 Å². The second-order valence-electron chi connectivity index (χ2n) is 6.72. The van der Waals surface area contributed by atoms with Crippen molar-refractivity contribution in [1.82, 2.24) is 20.2 Å². The Morgan fingerprint density at radius 2 is 1.92 bits per heavy atom. The molecule has 2 heterocycles. The number of nitrogens with one attached hydrogen (secondary N) is 2. The second-order valence-corrected chi connectivity index (χ2v) is 6.72. The van der Waals surface area contributed by atoms with Crippen LogP contribution in [0.1, 0.15) is 24.6 Å². The Morgan fingerprint density at radius 1 is 1.12 bits per heavy atom. The molecule has 6 nitrogen and oxygen atoms in total. The van der Waals surface area contributed by atoms with Gasteiger partial charge in [-0.15, -0.1) is 0 Å². The van der Waals surface area contributed by atoms with E-state index >= 15 is 0 Å². The first-order valence-electron chi connectivity index (χ1n) is 8.69. The van der Waals surface area contributed by atoms with Crippen LogP contribution in [0.5, 0.6) is 0 Å². The van der Waals surface area contributed by atoms with Crippen LogP contribution in [0.25, 0.3) is 10.8 Å². The molecular weight excluding hydrogens is 328 g/mol. The van der Waals surface area contributed by atoms with Crippen LogP contribution < -0.4 is 5.32 Å². The van der Waals surface area contributed by atoms with Crippen molar-refractivity contribution in [3.63, 3.8) is 0 Å². The van der Waals surface area contributed by atoms with E-state index < -0.39 is 5.54 Å². The molecule has 3 aromatic rings. The Kier molecular flexibility index (Phi) is 3.95. The molecule has 0 saturated carbocycles. The van der Waals surface area contributed by atoms with Crippen LogP contribution in [0.15, 0.2) is 55.0 Å². The average Bonchev–Trinajstić information content (AvgIpc) is 3.24. The number of urea groups is 1. The van der Waals surface area contributed by atoms with Gasteiger partial charge in [0.25, 0.3) is 5.91 Å². The molecule has 0 radical (unpaired) electrons. The number of imide groups is 1. The number of carbonyl (C=O) groups is 2. The lowest BCUT2D eigenvalue weighted by Crippen LogP contribution is -2.41. The molecule has 1 saturated heterocycles. The minimum Gasteiger partial charge on any atom is -0.348 e. The molecule has 1 unspecified atom stereocenters. The summed E-state index contributed by atoms with van der Waals surface area (Å²) in [6, 6.07) is 13.4. The van der Waals surface area contributed by atoms with Gasteiger partial charge in [0, 0.05) is 18.4 Å². The van der Waals surface area contributed by atoms with Crippen molar-refractivity contribution in [1.29, 1.82) is 0 Å². The zero-order valence-electron chi connectivity index (χ0n) is 14.5. The number of hydrogen-bond donors (Lipinski definition) is 2. The predicted octanol–water partition coefficient (Wildman–Crippen LogP) is 2.96. The SMILES string of the molecule is CC1(c2cccc3ccccc23)NC(=O)N(CCCc2cnc[nH]2)C1=O. The van der Waals surface area contributed by atoms with Gasteiger partial charge in [0.05, 0.1) is 6.33 Å². The molecule has 2 N–H and O–H groups in total. The molecule has 1 atom stereocenters. The molecule has 0 bridgehead atoms. The Morgan fingerprint density at radius 3 is 2.73 bits per heavy atom. The number of aromatic amines is 1. The van der Waals surface area contributed by atoms with Crippen molar-refractivity contribution < 1.29 is 9.59 Å². The van der Waals surface area contributed by atoms with Gasteiger partial charge < -0.3 is 10.3 Å². The Bertz CT molecular complexity index is 962. The molecule has 26 heavy (non-hydrogen) atoms. The van der Waals surface area contributed by atoms with E-state index in [9.17, 15) is 9.59 Å². The highest BCUT2D eigenvalue weighted by Crippen LogP contribution is 2.33. The van der Waals surface area contributed by atoms with Crippen molar-refractivity contribution in [2.45, 2.75) is 25.3 Å². The van der Waals surface area contributed by atoms with Crippen molar-refractivity contribution >= 4 is 22.7 Å². The molecule has 6 heteroatoms. The fourth-order valence-electron chi connectivity index (χ4n) is 3.59. The Hall–Kier alpha value is -3.15. The van der Waals surface area contributed by atoms with E-state index in [4.69, 9.17) is 0 Å². The van der Waals surface area contributed by atoms with Crippen molar-refractivity contribution in [2.24, 2.45) is 0 Å². The molecule has 1 aliphatic heterocycles. The van der Waals surface area contributed by atoms with Crippen LogP contribution in [0.3, 0.4) is 0 Å². The highest BCUT2D eigenvalue weighted by Gasteiger charge is 2.49. The zero-order chi connectivity index (χ0) is 18.1. The van der Waals surface area contributed by atoms with Gasteiger partial charge in [-0.2, -0.15) is 0 Å². The molecular formula is C20H20N4O2. The minimum atomic E-state index is -1.05. The molecule has 132 valence electrons. The number of H-pyrrole nitrogens is 1. The molecule has 2 aromatic carbocycles. The monoisotopic (exact) mass is 348 g/mol. The van der Waals surface area contributed by atoms with E-state index in [1.54, 1.807) is 19.4 Å². The fourth-order valence-corrected chi connectivity index (χ4v) is 3.59. The summed E-state index contributed by atoms with van der Waals surface area (Å²) in [5.74, 6) is -0.205. The third-order valence-corrected chi connectivity index (χ3v) is 4.99.